The van der Waals surface area contributed by atoms with Gasteiger partial charge in [0.15, 0.2) is 0 Å². The highest BCUT2D eigenvalue weighted by Crippen LogP contribution is 2.56. The predicted molar refractivity (Wildman–Crippen MR) is 247 cm³/mol. The molecule has 9 aromatic rings. The van der Waals surface area contributed by atoms with Crippen molar-refractivity contribution in [3.63, 3.8) is 0 Å². The van der Waals surface area contributed by atoms with Crippen LogP contribution in [0, 0.1) is 0 Å². The van der Waals surface area contributed by atoms with Crippen molar-refractivity contribution in [2.24, 2.45) is 0 Å². The summed E-state index contributed by atoms with van der Waals surface area (Å²) in [4.78, 5) is 2.68. The molecule has 0 radical (unpaired) electrons. The maximum Gasteiger partial charge on any atom is 0.0241 e. The molecule has 0 saturated carbocycles. The van der Waals surface area contributed by atoms with Crippen LogP contribution in [0.2, 0.25) is 0 Å². The van der Waals surface area contributed by atoms with Gasteiger partial charge in [-0.05, 0) is 95.1 Å². The first-order valence-corrected chi connectivity index (χ1v) is 20.9. The molecule has 0 unspecified atom stereocenters. The van der Waals surface area contributed by atoms with Crippen LogP contribution < -0.4 is 0 Å². The second kappa shape index (κ2) is 15.0. The molecular formula is C57H42S. The molecule has 1 aliphatic rings. The summed E-state index contributed by atoms with van der Waals surface area (Å²) >= 11 is 1.90. The van der Waals surface area contributed by atoms with Crippen molar-refractivity contribution in [3.05, 3.63) is 230 Å². The molecule has 276 valence electrons. The molecule has 58 heavy (non-hydrogen) atoms. The molecule has 10 rings (SSSR count). The summed E-state index contributed by atoms with van der Waals surface area (Å²) in [5, 5.41) is 0. The van der Waals surface area contributed by atoms with E-state index in [1.165, 1.54) is 98.8 Å². The lowest BCUT2D eigenvalue weighted by Gasteiger charge is -2.35. The Labute approximate surface area is 346 Å². The Balaban J connectivity index is 1.31. The minimum atomic E-state index is -0.0928. The van der Waals surface area contributed by atoms with Crippen LogP contribution in [0.1, 0.15) is 25.0 Å². The molecule has 0 fully saturated rings. The molecule has 1 heterocycles. The van der Waals surface area contributed by atoms with Gasteiger partial charge in [0.2, 0.25) is 0 Å². The zero-order valence-electron chi connectivity index (χ0n) is 32.7. The van der Waals surface area contributed by atoms with E-state index < -0.39 is 0 Å². The minimum Gasteiger partial charge on any atom is -0.0888 e. The smallest absolute Gasteiger partial charge is 0.0241 e. The second-order valence-corrected chi connectivity index (χ2v) is 16.6. The van der Waals surface area contributed by atoms with Crippen LogP contribution in [-0.2, 0) is 5.41 Å². The van der Waals surface area contributed by atoms with E-state index in [-0.39, 0.29) is 5.41 Å². The number of hydrogen-bond acceptors (Lipinski definition) is 1. The average Bonchev–Trinajstić information content (AvgIpc) is 3.29. The van der Waals surface area contributed by atoms with Crippen LogP contribution in [0.25, 0.3) is 77.9 Å². The van der Waals surface area contributed by atoms with Crippen LogP contribution in [0.15, 0.2) is 228 Å². The van der Waals surface area contributed by atoms with E-state index in [0.29, 0.717) is 0 Å². The molecule has 0 spiro atoms. The summed E-state index contributed by atoms with van der Waals surface area (Å²) in [5.41, 5.74) is 19.6. The Bertz CT molecular complexity index is 2770. The Morgan fingerprint density at radius 1 is 0.276 bits per heavy atom. The molecule has 0 aromatic heterocycles. The van der Waals surface area contributed by atoms with Crippen molar-refractivity contribution < 1.29 is 0 Å². The first kappa shape index (κ1) is 35.7. The van der Waals surface area contributed by atoms with Gasteiger partial charge in [0, 0.05) is 15.2 Å². The number of hydrogen-bond donors (Lipinski definition) is 0. The number of fused-ring (bicyclic) bond motifs is 2. The molecule has 0 bridgehead atoms. The molecule has 0 nitrogen and oxygen atoms in total. The summed E-state index contributed by atoms with van der Waals surface area (Å²) in [6.45, 7) is 4.72. The Morgan fingerprint density at radius 2 is 0.586 bits per heavy atom. The lowest BCUT2D eigenvalue weighted by atomic mass is 9.74. The Morgan fingerprint density at radius 3 is 0.983 bits per heavy atom. The fraction of sp³-hybridized carbons (Fsp3) is 0.0526. The summed E-state index contributed by atoms with van der Waals surface area (Å²) in [7, 11) is 0. The highest BCUT2D eigenvalue weighted by Gasteiger charge is 2.34. The van der Waals surface area contributed by atoms with Gasteiger partial charge < -0.3 is 0 Å². The third-order valence-electron chi connectivity index (χ3n) is 11.8. The molecule has 1 heteroatoms. The largest absolute Gasteiger partial charge is 0.0888 e. The fourth-order valence-electron chi connectivity index (χ4n) is 9.02. The summed E-state index contributed by atoms with van der Waals surface area (Å²) in [5.74, 6) is 0. The van der Waals surface area contributed by atoms with Crippen LogP contribution in [0.3, 0.4) is 0 Å². The number of rotatable bonds is 7. The first-order valence-electron chi connectivity index (χ1n) is 20.1. The highest BCUT2D eigenvalue weighted by molar-refractivity contribution is 7.99. The van der Waals surface area contributed by atoms with Gasteiger partial charge >= 0.3 is 0 Å². The maximum atomic E-state index is 2.36. The molecule has 0 aliphatic carbocycles. The lowest BCUT2D eigenvalue weighted by molar-refractivity contribution is 0.608. The van der Waals surface area contributed by atoms with E-state index in [2.05, 4.69) is 232 Å². The molecular weight excluding hydrogens is 717 g/mol. The third kappa shape index (κ3) is 6.20. The average molecular weight is 759 g/mol. The topological polar surface area (TPSA) is 0 Å². The SMILES string of the molecule is CC1(C)c2ccccc2Sc2c(-c3ccc(-c4c(-c5ccccc5)c(-c5ccccc5)c(-c5ccccc5)c(-c5ccccc5)c4-c4ccccc4)cc3)cccc21. The predicted octanol–water partition coefficient (Wildman–Crippen LogP) is 16.1. The van der Waals surface area contributed by atoms with Crippen LogP contribution in [0.4, 0.5) is 0 Å². The van der Waals surface area contributed by atoms with E-state index in [1.807, 2.05) is 11.8 Å². The molecule has 0 N–H and O–H groups in total. The van der Waals surface area contributed by atoms with Crippen molar-refractivity contribution in [1.29, 1.82) is 0 Å². The maximum absolute atomic E-state index is 2.36. The molecule has 0 saturated heterocycles. The van der Waals surface area contributed by atoms with E-state index in [0.717, 1.165) is 0 Å². The van der Waals surface area contributed by atoms with Crippen molar-refractivity contribution >= 4 is 11.8 Å². The Kier molecular flexibility index (Phi) is 9.25. The molecule has 1 aliphatic heterocycles. The van der Waals surface area contributed by atoms with Gasteiger partial charge in [-0.1, -0.05) is 238 Å². The summed E-state index contributed by atoms with van der Waals surface area (Å²) in [6, 6.07) is 80.1. The molecule has 0 atom stereocenters. The Hall–Kier alpha value is -6.67. The third-order valence-corrected chi connectivity index (χ3v) is 13.0. The van der Waals surface area contributed by atoms with Crippen LogP contribution >= 0.6 is 11.8 Å². The first-order chi connectivity index (χ1) is 28.6. The summed E-state index contributed by atoms with van der Waals surface area (Å²) < 4.78 is 0. The van der Waals surface area contributed by atoms with Gasteiger partial charge in [0.1, 0.15) is 0 Å². The zero-order valence-corrected chi connectivity index (χ0v) is 33.5. The quantitative estimate of drug-likeness (QED) is 0.156. The van der Waals surface area contributed by atoms with Gasteiger partial charge in [0.05, 0.1) is 0 Å². The summed E-state index contributed by atoms with van der Waals surface area (Å²) in [6.07, 6.45) is 0. The van der Waals surface area contributed by atoms with Gasteiger partial charge in [0.25, 0.3) is 0 Å². The van der Waals surface area contributed by atoms with E-state index in [4.69, 9.17) is 0 Å². The van der Waals surface area contributed by atoms with Crippen LogP contribution in [-0.4, -0.2) is 0 Å². The van der Waals surface area contributed by atoms with Crippen molar-refractivity contribution in [3.8, 4) is 77.9 Å². The lowest BCUT2D eigenvalue weighted by Crippen LogP contribution is -2.23. The van der Waals surface area contributed by atoms with Crippen LogP contribution in [0.5, 0.6) is 0 Å². The van der Waals surface area contributed by atoms with E-state index in [1.54, 1.807) is 0 Å². The van der Waals surface area contributed by atoms with Gasteiger partial charge in [-0.3, -0.25) is 0 Å². The van der Waals surface area contributed by atoms with Gasteiger partial charge in [-0.2, -0.15) is 0 Å². The number of benzene rings is 9. The second-order valence-electron chi connectivity index (χ2n) is 15.6. The molecule has 9 aromatic carbocycles. The van der Waals surface area contributed by atoms with E-state index >= 15 is 0 Å². The van der Waals surface area contributed by atoms with Crippen molar-refractivity contribution in [2.45, 2.75) is 29.1 Å². The zero-order chi connectivity index (χ0) is 39.1. The highest BCUT2D eigenvalue weighted by atomic mass is 32.2. The van der Waals surface area contributed by atoms with Crippen molar-refractivity contribution in [2.75, 3.05) is 0 Å². The van der Waals surface area contributed by atoms with Crippen molar-refractivity contribution in [1.82, 2.24) is 0 Å². The monoisotopic (exact) mass is 758 g/mol. The van der Waals surface area contributed by atoms with Gasteiger partial charge in [-0.15, -0.1) is 0 Å². The molecule has 0 amide bonds. The van der Waals surface area contributed by atoms with Gasteiger partial charge in [-0.25, -0.2) is 0 Å². The normalized spacial score (nSPS) is 12.7. The fourth-order valence-corrected chi connectivity index (χ4v) is 10.5. The minimum absolute atomic E-state index is 0.0928. The standard InChI is InChI=1S/C57H42S/c1-57(2)47-32-18-19-34-49(47)58-56-46(31-20-33-48(56)57)39-35-37-45(38-36-39)55-53(43-27-14-6-15-28-43)51(41-23-10-4-11-24-41)50(40-21-8-3-9-22-40)52(42-25-12-5-13-26-42)54(55)44-29-16-7-17-30-44/h3-38H,1-2H3. The van der Waals surface area contributed by atoms with E-state index in [9.17, 15) is 0 Å².